The van der Waals surface area contributed by atoms with Gasteiger partial charge in [-0.05, 0) is 87.0 Å². The molecule has 0 unspecified atom stereocenters. The van der Waals surface area contributed by atoms with Gasteiger partial charge in [-0.1, -0.05) is 182 Å². The molecule has 300 valence electrons. The summed E-state index contributed by atoms with van der Waals surface area (Å²) >= 11 is 0. The van der Waals surface area contributed by atoms with E-state index in [1.807, 2.05) is 12.1 Å². The molecule has 64 heavy (non-hydrogen) atoms. The van der Waals surface area contributed by atoms with Crippen molar-refractivity contribution in [1.82, 2.24) is 9.13 Å². The average molecular weight is 833 g/mol. The summed E-state index contributed by atoms with van der Waals surface area (Å²) in [6.07, 6.45) is 0. The first-order valence-electron chi connectivity index (χ1n) is 22.0. The number of nitrogens with zero attached hydrogens (tertiary/aromatic N) is 2. The zero-order valence-corrected chi connectivity index (χ0v) is 35.9. The summed E-state index contributed by atoms with van der Waals surface area (Å²) in [5.74, 6) is 0. The van der Waals surface area contributed by atoms with Gasteiger partial charge in [0.2, 0.25) is 0 Å². The molecule has 0 bridgehead atoms. The van der Waals surface area contributed by atoms with Crippen molar-refractivity contribution in [3.05, 3.63) is 243 Å². The summed E-state index contributed by atoms with van der Waals surface area (Å²) in [7, 11) is -2.75. The molecule has 0 amide bonds. The number of fused-ring (bicyclic) bond motifs is 9. The molecule has 0 radical (unpaired) electrons. The van der Waals surface area contributed by atoms with Gasteiger partial charge in [0.25, 0.3) is 0 Å². The van der Waals surface area contributed by atoms with E-state index in [0.717, 1.165) is 33.3 Å². The second-order valence-corrected chi connectivity index (χ2v) is 20.6. The predicted molar refractivity (Wildman–Crippen MR) is 271 cm³/mol. The van der Waals surface area contributed by atoms with Gasteiger partial charge in [-0.25, -0.2) is 0 Å². The third-order valence-electron chi connectivity index (χ3n) is 13.5. The van der Waals surface area contributed by atoms with E-state index >= 15 is 0 Å². The minimum atomic E-state index is -2.75. The Balaban J connectivity index is 1.03. The number of hydrogen-bond donors (Lipinski definition) is 0. The summed E-state index contributed by atoms with van der Waals surface area (Å²) in [4.78, 5) is 0. The van der Waals surface area contributed by atoms with E-state index < -0.39 is 8.07 Å². The number of benzene rings is 10. The molecule has 3 heterocycles. The monoisotopic (exact) mass is 832 g/mol. The molecule has 10 aromatic carbocycles. The fraction of sp³-hybridized carbons (Fsp3) is 0. The summed E-state index contributed by atoms with van der Waals surface area (Å²) < 4.78 is 11.2. The third kappa shape index (κ3) is 5.39. The van der Waals surface area contributed by atoms with Gasteiger partial charge >= 0.3 is 0 Å². The molecular formula is C60H40N2OSi. The largest absolute Gasteiger partial charge is 0.456 e. The maximum absolute atomic E-state index is 6.28. The van der Waals surface area contributed by atoms with Crippen LogP contribution in [0.25, 0.3) is 88.1 Å². The van der Waals surface area contributed by atoms with Crippen molar-refractivity contribution in [2.24, 2.45) is 0 Å². The van der Waals surface area contributed by atoms with Gasteiger partial charge in [0.15, 0.2) is 8.07 Å². The van der Waals surface area contributed by atoms with Crippen LogP contribution in [-0.4, -0.2) is 17.2 Å². The molecule has 0 saturated carbocycles. The van der Waals surface area contributed by atoms with Crippen LogP contribution in [0.5, 0.6) is 0 Å². The van der Waals surface area contributed by atoms with Gasteiger partial charge in [0.1, 0.15) is 11.2 Å². The van der Waals surface area contributed by atoms with Crippen molar-refractivity contribution in [2.75, 3.05) is 0 Å². The molecule has 0 N–H and O–H groups in total. The number of rotatable bonds is 7. The normalized spacial score (nSPS) is 12.1. The number of furan rings is 1. The predicted octanol–water partition coefficient (Wildman–Crippen LogP) is 12.8. The topological polar surface area (TPSA) is 23.0 Å². The van der Waals surface area contributed by atoms with Crippen molar-refractivity contribution in [1.29, 1.82) is 0 Å². The molecule has 0 aliphatic carbocycles. The summed E-state index contributed by atoms with van der Waals surface area (Å²) in [5.41, 5.74) is 11.2. The Kier molecular flexibility index (Phi) is 8.23. The van der Waals surface area contributed by atoms with Crippen molar-refractivity contribution >= 4 is 94.4 Å². The molecule has 13 rings (SSSR count). The van der Waals surface area contributed by atoms with Crippen molar-refractivity contribution in [3.8, 4) is 22.5 Å². The third-order valence-corrected chi connectivity index (χ3v) is 18.2. The molecule has 0 aliphatic heterocycles. The van der Waals surface area contributed by atoms with Gasteiger partial charge in [0, 0.05) is 49.3 Å². The second kappa shape index (κ2) is 14.5. The van der Waals surface area contributed by atoms with Crippen LogP contribution in [0.1, 0.15) is 0 Å². The van der Waals surface area contributed by atoms with E-state index in [2.05, 4.69) is 240 Å². The minimum Gasteiger partial charge on any atom is -0.456 e. The highest BCUT2D eigenvalue weighted by Gasteiger charge is 2.41. The highest BCUT2D eigenvalue weighted by atomic mass is 28.3. The Labute approximate surface area is 371 Å². The lowest BCUT2D eigenvalue weighted by molar-refractivity contribution is 0.669. The molecule has 13 aromatic rings. The van der Waals surface area contributed by atoms with Gasteiger partial charge < -0.3 is 13.6 Å². The molecule has 0 aliphatic rings. The lowest BCUT2D eigenvalue weighted by atomic mass is 10.00. The molecule has 4 heteroatoms. The Morgan fingerprint density at radius 1 is 0.297 bits per heavy atom. The molecule has 0 saturated heterocycles. The maximum atomic E-state index is 6.28. The SMILES string of the molecule is c1ccc([Si](c2ccccc2)(c2ccccc2)c2cccc(-n3c4ccccc4c4cc(-c5cccc6c7ccccc7n(-c7ccc8oc9ccccc9c8c7)c56)ccc43)c2)cc1. The van der Waals surface area contributed by atoms with Gasteiger partial charge in [-0.15, -0.1) is 0 Å². The van der Waals surface area contributed by atoms with E-state index in [1.54, 1.807) is 0 Å². The standard InChI is InChI=1S/C60H40N2OSi/c1-4-19-44(20-5-1)64(45-21-6-2-7-22-45,46-23-8-3-9-24-46)47-25-16-18-42(39-47)61-55-31-13-11-27-50(55)53-38-41(34-36-57(53)61)48-29-17-30-52-49-26-10-14-32-56(49)62(60(48)52)43-35-37-59-54(40-43)51-28-12-15-33-58(51)63-59/h1-40H. The highest BCUT2D eigenvalue weighted by Crippen LogP contribution is 2.41. The zero-order chi connectivity index (χ0) is 42.2. The molecular weight excluding hydrogens is 793 g/mol. The quantitative estimate of drug-likeness (QED) is 0.116. The van der Waals surface area contributed by atoms with E-state index in [-0.39, 0.29) is 0 Å². The number of aromatic nitrogens is 2. The number of hydrogen-bond acceptors (Lipinski definition) is 1. The Morgan fingerprint density at radius 3 is 1.52 bits per heavy atom. The average Bonchev–Trinajstić information content (AvgIpc) is 4.03. The number of para-hydroxylation sites is 4. The van der Waals surface area contributed by atoms with Crippen molar-refractivity contribution < 1.29 is 4.42 Å². The van der Waals surface area contributed by atoms with Crippen LogP contribution >= 0.6 is 0 Å². The Hall–Kier alpha value is -8.18. The molecule has 0 fully saturated rings. The lowest BCUT2D eigenvalue weighted by Crippen LogP contribution is -2.74. The van der Waals surface area contributed by atoms with Crippen LogP contribution in [0.15, 0.2) is 247 Å². The second-order valence-electron chi connectivity index (χ2n) is 16.8. The first-order chi connectivity index (χ1) is 31.8. The van der Waals surface area contributed by atoms with Gasteiger partial charge in [-0.3, -0.25) is 0 Å². The van der Waals surface area contributed by atoms with Crippen LogP contribution in [0.2, 0.25) is 0 Å². The Bertz CT molecular complexity index is 3800. The van der Waals surface area contributed by atoms with Crippen molar-refractivity contribution in [3.63, 3.8) is 0 Å². The molecule has 3 aromatic heterocycles. The first kappa shape index (κ1) is 36.5. The first-order valence-corrected chi connectivity index (χ1v) is 24.0. The Morgan fingerprint density at radius 2 is 0.812 bits per heavy atom. The van der Waals surface area contributed by atoms with Crippen LogP contribution in [-0.2, 0) is 0 Å². The summed E-state index contributed by atoms with van der Waals surface area (Å²) in [6.45, 7) is 0. The minimum absolute atomic E-state index is 0.895. The van der Waals surface area contributed by atoms with Gasteiger partial charge in [0.05, 0.1) is 22.1 Å². The molecule has 0 atom stereocenters. The van der Waals surface area contributed by atoms with Crippen LogP contribution < -0.4 is 20.7 Å². The van der Waals surface area contributed by atoms with E-state index in [0.29, 0.717) is 0 Å². The maximum Gasteiger partial charge on any atom is 0.179 e. The smallest absolute Gasteiger partial charge is 0.179 e. The van der Waals surface area contributed by atoms with Crippen molar-refractivity contribution in [2.45, 2.75) is 0 Å². The zero-order valence-electron chi connectivity index (χ0n) is 34.9. The fourth-order valence-electron chi connectivity index (χ4n) is 10.7. The van der Waals surface area contributed by atoms with E-state index in [9.17, 15) is 0 Å². The van der Waals surface area contributed by atoms with E-state index in [1.165, 1.54) is 75.5 Å². The van der Waals surface area contributed by atoms with Crippen LogP contribution in [0.4, 0.5) is 0 Å². The van der Waals surface area contributed by atoms with Crippen LogP contribution in [0.3, 0.4) is 0 Å². The van der Waals surface area contributed by atoms with Gasteiger partial charge in [-0.2, -0.15) is 0 Å². The van der Waals surface area contributed by atoms with Crippen LogP contribution in [0, 0.1) is 0 Å². The summed E-state index contributed by atoms with van der Waals surface area (Å²) in [5, 5.41) is 12.6. The molecule has 3 nitrogen and oxygen atoms in total. The summed E-state index contributed by atoms with van der Waals surface area (Å²) in [6, 6.07) is 89.3. The fourth-order valence-corrected chi connectivity index (χ4v) is 15.5. The lowest BCUT2D eigenvalue weighted by Gasteiger charge is -2.34. The van der Waals surface area contributed by atoms with E-state index in [4.69, 9.17) is 4.42 Å². The molecule has 0 spiro atoms. The highest BCUT2D eigenvalue weighted by molar-refractivity contribution is 7.19.